The van der Waals surface area contributed by atoms with Crippen molar-refractivity contribution in [1.82, 2.24) is 19.9 Å². The first kappa shape index (κ1) is 21.1. The molecule has 4 rings (SSSR count). The molecule has 0 radical (unpaired) electrons. The SMILES string of the molecule is Cc1nc(-c2ncccn2)sc1C(=O)Nc1ncc(Cc2ccc(C(F)(F)F)cc2)s1. The van der Waals surface area contributed by atoms with E-state index in [1.165, 1.54) is 34.8 Å². The second-order valence-electron chi connectivity index (χ2n) is 6.46. The fourth-order valence-electron chi connectivity index (χ4n) is 2.73. The van der Waals surface area contributed by atoms with E-state index in [4.69, 9.17) is 0 Å². The number of hydrogen-bond donors (Lipinski definition) is 1. The Morgan fingerprint density at radius 2 is 1.77 bits per heavy atom. The third-order valence-corrected chi connectivity index (χ3v) is 6.26. The van der Waals surface area contributed by atoms with Crippen LogP contribution in [0.2, 0.25) is 0 Å². The molecule has 0 fully saturated rings. The summed E-state index contributed by atoms with van der Waals surface area (Å²) < 4.78 is 38.0. The number of hydrogen-bond acceptors (Lipinski definition) is 7. The van der Waals surface area contributed by atoms with Crippen LogP contribution in [0.15, 0.2) is 48.9 Å². The highest BCUT2D eigenvalue weighted by molar-refractivity contribution is 7.17. The summed E-state index contributed by atoms with van der Waals surface area (Å²) in [7, 11) is 0. The van der Waals surface area contributed by atoms with Crippen LogP contribution in [-0.4, -0.2) is 25.8 Å². The van der Waals surface area contributed by atoms with Gasteiger partial charge < -0.3 is 0 Å². The first-order valence-corrected chi connectivity index (χ1v) is 10.6. The van der Waals surface area contributed by atoms with Crippen molar-refractivity contribution in [2.75, 3.05) is 5.32 Å². The van der Waals surface area contributed by atoms with E-state index >= 15 is 0 Å². The van der Waals surface area contributed by atoms with Crippen LogP contribution in [0.3, 0.4) is 0 Å². The molecule has 0 atom stereocenters. The molecule has 0 aliphatic heterocycles. The summed E-state index contributed by atoms with van der Waals surface area (Å²) in [5.41, 5.74) is 0.598. The summed E-state index contributed by atoms with van der Waals surface area (Å²) in [6.45, 7) is 1.73. The normalized spacial score (nSPS) is 11.5. The van der Waals surface area contributed by atoms with E-state index in [1.807, 2.05) is 0 Å². The molecule has 0 aliphatic carbocycles. The zero-order valence-corrected chi connectivity index (χ0v) is 17.6. The van der Waals surface area contributed by atoms with Gasteiger partial charge in [0.05, 0.1) is 11.3 Å². The molecule has 6 nitrogen and oxygen atoms in total. The minimum atomic E-state index is -4.36. The number of thiazole rings is 2. The maximum atomic E-state index is 12.7. The molecule has 0 bridgehead atoms. The number of anilines is 1. The maximum absolute atomic E-state index is 12.7. The van der Waals surface area contributed by atoms with Crippen LogP contribution in [0.1, 0.15) is 31.4 Å². The summed E-state index contributed by atoms with van der Waals surface area (Å²) >= 11 is 2.45. The van der Waals surface area contributed by atoms with Crippen LogP contribution in [-0.2, 0) is 12.6 Å². The number of aromatic nitrogens is 4. The molecule has 0 saturated carbocycles. The average Bonchev–Trinajstić information content (AvgIpc) is 3.34. The highest BCUT2D eigenvalue weighted by atomic mass is 32.1. The second kappa shape index (κ2) is 8.52. The van der Waals surface area contributed by atoms with Gasteiger partial charge >= 0.3 is 6.18 Å². The number of amides is 1. The van der Waals surface area contributed by atoms with Crippen molar-refractivity contribution in [2.24, 2.45) is 0 Å². The summed E-state index contributed by atoms with van der Waals surface area (Å²) in [5.74, 6) is 0.107. The van der Waals surface area contributed by atoms with Gasteiger partial charge in [0.15, 0.2) is 16.0 Å². The molecular formula is C20H14F3N5OS2. The minimum absolute atomic E-state index is 0.340. The Morgan fingerprint density at radius 3 is 2.45 bits per heavy atom. The predicted octanol–water partition coefficient (Wildman–Crippen LogP) is 5.23. The highest BCUT2D eigenvalue weighted by Crippen LogP contribution is 2.30. The van der Waals surface area contributed by atoms with E-state index in [2.05, 4.69) is 25.3 Å². The van der Waals surface area contributed by atoms with Gasteiger partial charge in [0.1, 0.15) is 4.88 Å². The van der Waals surface area contributed by atoms with Gasteiger partial charge in [-0.25, -0.2) is 19.9 Å². The predicted molar refractivity (Wildman–Crippen MR) is 112 cm³/mol. The Balaban J connectivity index is 1.43. The zero-order chi connectivity index (χ0) is 22.0. The topological polar surface area (TPSA) is 80.7 Å². The Hall–Kier alpha value is -3.18. The summed E-state index contributed by atoms with van der Waals surface area (Å²) in [6, 6.07) is 6.69. The maximum Gasteiger partial charge on any atom is 0.416 e. The van der Waals surface area contributed by atoms with Gasteiger partial charge in [0.2, 0.25) is 0 Å². The van der Waals surface area contributed by atoms with Crippen molar-refractivity contribution < 1.29 is 18.0 Å². The van der Waals surface area contributed by atoms with E-state index in [-0.39, 0.29) is 5.91 Å². The fourth-order valence-corrected chi connectivity index (χ4v) is 4.48. The monoisotopic (exact) mass is 461 g/mol. The lowest BCUT2D eigenvalue weighted by Crippen LogP contribution is -2.11. The van der Waals surface area contributed by atoms with E-state index in [0.29, 0.717) is 33.0 Å². The number of aryl methyl sites for hydroxylation is 1. The van der Waals surface area contributed by atoms with Crippen LogP contribution in [0.5, 0.6) is 0 Å². The van der Waals surface area contributed by atoms with Crippen molar-refractivity contribution in [2.45, 2.75) is 19.5 Å². The minimum Gasteiger partial charge on any atom is -0.297 e. The van der Waals surface area contributed by atoms with E-state index in [9.17, 15) is 18.0 Å². The lowest BCUT2D eigenvalue weighted by molar-refractivity contribution is -0.137. The smallest absolute Gasteiger partial charge is 0.297 e. The first-order chi connectivity index (χ1) is 14.8. The molecule has 158 valence electrons. The number of nitrogens with one attached hydrogen (secondary N) is 1. The molecule has 1 N–H and O–H groups in total. The van der Waals surface area contributed by atoms with Crippen molar-refractivity contribution in [1.29, 1.82) is 0 Å². The van der Waals surface area contributed by atoms with Gasteiger partial charge in [0, 0.05) is 29.9 Å². The molecule has 4 aromatic rings. The van der Waals surface area contributed by atoms with Crippen molar-refractivity contribution in [3.05, 3.63) is 75.5 Å². The molecule has 31 heavy (non-hydrogen) atoms. The van der Waals surface area contributed by atoms with Gasteiger partial charge in [-0.3, -0.25) is 10.1 Å². The third kappa shape index (κ3) is 4.94. The first-order valence-electron chi connectivity index (χ1n) is 8.96. The van der Waals surface area contributed by atoms with E-state index < -0.39 is 11.7 Å². The van der Waals surface area contributed by atoms with Crippen LogP contribution in [0.25, 0.3) is 10.8 Å². The largest absolute Gasteiger partial charge is 0.416 e. The Morgan fingerprint density at radius 1 is 1.06 bits per heavy atom. The zero-order valence-electron chi connectivity index (χ0n) is 16.0. The Kier molecular flexibility index (Phi) is 5.79. The number of nitrogens with zero attached hydrogens (tertiary/aromatic N) is 4. The molecule has 1 amide bonds. The average molecular weight is 461 g/mol. The van der Waals surface area contributed by atoms with Crippen molar-refractivity contribution in [3.63, 3.8) is 0 Å². The van der Waals surface area contributed by atoms with Crippen molar-refractivity contribution >= 4 is 33.7 Å². The number of alkyl halides is 3. The van der Waals surface area contributed by atoms with Gasteiger partial charge in [-0.05, 0) is 30.7 Å². The lowest BCUT2D eigenvalue weighted by atomic mass is 10.1. The number of benzene rings is 1. The molecule has 3 heterocycles. The Labute approximate surface area is 182 Å². The van der Waals surface area contributed by atoms with Crippen LogP contribution >= 0.6 is 22.7 Å². The number of rotatable bonds is 5. The number of carbonyl (C=O) groups is 1. The molecule has 0 aliphatic rings. The molecule has 0 saturated heterocycles. The molecular weight excluding hydrogens is 447 g/mol. The quantitative estimate of drug-likeness (QED) is 0.440. The fraction of sp³-hybridized carbons (Fsp3) is 0.150. The van der Waals surface area contributed by atoms with Crippen LogP contribution < -0.4 is 5.32 Å². The van der Waals surface area contributed by atoms with Crippen molar-refractivity contribution in [3.8, 4) is 10.8 Å². The molecule has 0 spiro atoms. The summed E-state index contributed by atoms with van der Waals surface area (Å²) in [4.78, 5) is 30.7. The summed E-state index contributed by atoms with van der Waals surface area (Å²) in [5, 5.41) is 3.70. The molecule has 0 unspecified atom stereocenters. The van der Waals surface area contributed by atoms with Gasteiger partial charge in [-0.1, -0.05) is 12.1 Å². The van der Waals surface area contributed by atoms with E-state index in [0.717, 1.165) is 22.6 Å². The van der Waals surface area contributed by atoms with Crippen LogP contribution in [0.4, 0.5) is 18.3 Å². The third-order valence-electron chi connectivity index (χ3n) is 4.19. The van der Waals surface area contributed by atoms with Gasteiger partial charge in [0.25, 0.3) is 5.91 Å². The van der Waals surface area contributed by atoms with Gasteiger partial charge in [-0.15, -0.1) is 22.7 Å². The Bertz CT molecular complexity index is 1200. The number of carbonyl (C=O) groups excluding carboxylic acids is 1. The lowest BCUT2D eigenvalue weighted by Gasteiger charge is -2.06. The molecule has 11 heteroatoms. The van der Waals surface area contributed by atoms with Gasteiger partial charge in [-0.2, -0.15) is 13.2 Å². The molecule has 1 aromatic carbocycles. The number of halogens is 3. The standard InChI is InChI=1S/C20H14F3N5OS2/c1-11-15(31-18(27-11)16-24-7-2-8-25-16)17(29)28-19-26-10-14(30-19)9-12-3-5-13(6-4-12)20(21,22)23/h2-8,10H,9H2,1H3,(H,26,28,29). The highest BCUT2D eigenvalue weighted by Gasteiger charge is 2.29. The molecule has 3 aromatic heterocycles. The second-order valence-corrected chi connectivity index (χ2v) is 8.58. The van der Waals surface area contributed by atoms with Crippen LogP contribution in [0, 0.1) is 6.92 Å². The summed E-state index contributed by atoms with van der Waals surface area (Å²) in [6.07, 6.45) is 0.863. The van der Waals surface area contributed by atoms with E-state index in [1.54, 1.807) is 31.6 Å².